The lowest BCUT2D eigenvalue weighted by Gasteiger charge is -2.24. The van der Waals surface area contributed by atoms with Crippen LogP contribution in [0.1, 0.15) is 37.8 Å². The number of nitrogens with zero attached hydrogens (tertiary/aromatic N) is 4. The van der Waals surface area contributed by atoms with Crippen LogP contribution in [0.15, 0.2) is 64.5 Å². The van der Waals surface area contributed by atoms with Gasteiger partial charge in [0.1, 0.15) is 11.4 Å². The minimum atomic E-state index is -0.482. The van der Waals surface area contributed by atoms with Gasteiger partial charge in [-0.05, 0) is 41.0 Å². The van der Waals surface area contributed by atoms with Crippen molar-refractivity contribution in [2.24, 2.45) is 0 Å². The van der Waals surface area contributed by atoms with E-state index >= 15 is 0 Å². The number of rotatable bonds is 4. The Morgan fingerprint density at radius 3 is 2.53 bits per heavy atom. The molecule has 2 aromatic carbocycles. The Bertz CT molecular complexity index is 1350. The first-order valence-corrected chi connectivity index (χ1v) is 12.0. The van der Waals surface area contributed by atoms with E-state index in [1.807, 2.05) is 48.7 Å². The molecular formula is C26H25N4O3S+. The highest BCUT2D eigenvalue weighted by atomic mass is 32.2. The second-order valence-corrected chi connectivity index (χ2v) is 10.4. The number of aryl methyl sites for hydroxylation is 1. The van der Waals surface area contributed by atoms with E-state index < -0.39 is 11.3 Å². The molecule has 3 amide bonds. The molecule has 2 aliphatic rings. The molecule has 8 heteroatoms. The molecule has 0 saturated carbocycles. The Labute approximate surface area is 202 Å². The number of allylic oxidation sites excluding steroid dienone is 1. The third-order valence-electron chi connectivity index (χ3n) is 6.03. The SMILES string of the molecule is Cc1ccccc1N1C(=O)C2SC=CC2=[N+](Cc2nc(-c3ccc(C(C)(C)C)cc3)no2)C1=O. The fraction of sp³-hybridized carbons (Fsp3) is 0.269. The maximum absolute atomic E-state index is 13.5. The van der Waals surface area contributed by atoms with Gasteiger partial charge in [0.05, 0.1) is 0 Å². The number of amides is 3. The van der Waals surface area contributed by atoms with E-state index in [4.69, 9.17) is 4.52 Å². The lowest BCUT2D eigenvalue weighted by Crippen LogP contribution is -2.55. The standard InChI is InChI=1S/C26H25N4O3S/c1-16-7-5-6-8-19(16)30-24(31)22-20(13-14-34-22)29(25(30)32)15-21-27-23(28-33-21)17-9-11-18(12-10-17)26(2,3)4/h5-14,22H,15H2,1-4H3/q+1. The van der Waals surface area contributed by atoms with Crippen LogP contribution in [0.4, 0.5) is 10.5 Å². The van der Waals surface area contributed by atoms with E-state index in [-0.39, 0.29) is 17.9 Å². The van der Waals surface area contributed by atoms with Crippen LogP contribution in [0.2, 0.25) is 0 Å². The van der Waals surface area contributed by atoms with E-state index in [1.54, 1.807) is 10.6 Å². The average Bonchev–Trinajstić information content (AvgIpc) is 3.48. The van der Waals surface area contributed by atoms with Gasteiger partial charge in [0, 0.05) is 5.56 Å². The first-order chi connectivity index (χ1) is 16.2. The summed E-state index contributed by atoms with van der Waals surface area (Å²) >= 11 is 1.39. The Balaban J connectivity index is 1.46. The van der Waals surface area contributed by atoms with Crippen molar-refractivity contribution in [1.82, 2.24) is 10.1 Å². The number of hydrogen-bond donors (Lipinski definition) is 0. The molecule has 0 spiro atoms. The zero-order chi connectivity index (χ0) is 24.0. The molecular weight excluding hydrogens is 448 g/mol. The number of urea groups is 1. The van der Waals surface area contributed by atoms with Crippen LogP contribution in [-0.2, 0) is 16.8 Å². The first kappa shape index (κ1) is 22.3. The van der Waals surface area contributed by atoms with Crippen molar-refractivity contribution in [2.75, 3.05) is 4.90 Å². The molecule has 0 bridgehead atoms. The van der Waals surface area contributed by atoms with E-state index in [2.05, 4.69) is 43.0 Å². The van der Waals surface area contributed by atoms with Crippen molar-refractivity contribution < 1.29 is 18.7 Å². The fourth-order valence-corrected chi connectivity index (χ4v) is 5.03. The van der Waals surface area contributed by atoms with Gasteiger partial charge in [-0.1, -0.05) is 68.4 Å². The highest BCUT2D eigenvalue weighted by molar-refractivity contribution is 8.04. The van der Waals surface area contributed by atoms with Crippen molar-refractivity contribution >= 4 is 35.1 Å². The van der Waals surface area contributed by atoms with Gasteiger partial charge in [-0.25, -0.2) is 4.79 Å². The van der Waals surface area contributed by atoms with E-state index in [9.17, 15) is 9.59 Å². The Morgan fingerprint density at radius 2 is 1.82 bits per heavy atom. The zero-order valence-electron chi connectivity index (χ0n) is 19.5. The average molecular weight is 474 g/mol. The summed E-state index contributed by atoms with van der Waals surface area (Å²) in [6.07, 6.45) is 1.81. The van der Waals surface area contributed by atoms with Gasteiger partial charge in [0.2, 0.25) is 5.82 Å². The molecule has 0 fully saturated rings. The molecule has 172 valence electrons. The van der Waals surface area contributed by atoms with Gasteiger partial charge >= 0.3 is 11.9 Å². The predicted molar refractivity (Wildman–Crippen MR) is 132 cm³/mol. The number of carbonyl (C=O) groups is 2. The first-order valence-electron chi connectivity index (χ1n) is 11.1. The Hall–Kier alpha value is -3.52. The molecule has 0 aliphatic carbocycles. The highest BCUT2D eigenvalue weighted by Crippen LogP contribution is 2.32. The second-order valence-electron chi connectivity index (χ2n) is 9.41. The maximum atomic E-state index is 13.5. The molecule has 7 nitrogen and oxygen atoms in total. The van der Waals surface area contributed by atoms with Crippen molar-refractivity contribution in [3.05, 3.63) is 77.0 Å². The number of imide groups is 1. The van der Waals surface area contributed by atoms with E-state index in [1.165, 1.54) is 22.2 Å². The van der Waals surface area contributed by atoms with Gasteiger partial charge < -0.3 is 4.52 Å². The van der Waals surface area contributed by atoms with Crippen LogP contribution in [0.5, 0.6) is 0 Å². The van der Waals surface area contributed by atoms with Crippen LogP contribution in [0, 0.1) is 6.92 Å². The number of aromatic nitrogens is 2. The van der Waals surface area contributed by atoms with Crippen molar-refractivity contribution in [2.45, 2.75) is 44.9 Å². The van der Waals surface area contributed by atoms with E-state index in [0.717, 1.165) is 11.1 Å². The van der Waals surface area contributed by atoms with Crippen molar-refractivity contribution in [3.63, 3.8) is 0 Å². The smallest absolute Gasteiger partial charge is 0.335 e. The number of para-hydroxylation sites is 1. The molecule has 1 atom stereocenters. The van der Waals surface area contributed by atoms with Crippen molar-refractivity contribution in [1.29, 1.82) is 0 Å². The summed E-state index contributed by atoms with van der Waals surface area (Å²) in [5, 5.41) is 5.48. The van der Waals surface area contributed by atoms with Crippen molar-refractivity contribution in [3.8, 4) is 11.4 Å². The third kappa shape index (κ3) is 3.88. The number of thioether (sulfide) groups is 1. The zero-order valence-corrected chi connectivity index (χ0v) is 20.3. The lowest BCUT2D eigenvalue weighted by molar-refractivity contribution is -0.448. The van der Waals surface area contributed by atoms with Crippen LogP contribution < -0.4 is 4.90 Å². The maximum Gasteiger partial charge on any atom is 0.506 e. The third-order valence-corrected chi connectivity index (χ3v) is 7.04. The largest absolute Gasteiger partial charge is 0.506 e. The summed E-state index contributed by atoms with van der Waals surface area (Å²) in [6, 6.07) is 15.0. The Morgan fingerprint density at radius 1 is 1.09 bits per heavy atom. The minimum absolute atomic E-state index is 0.0521. The van der Waals surface area contributed by atoms with Gasteiger partial charge in [-0.15, -0.1) is 16.7 Å². The topological polar surface area (TPSA) is 79.3 Å². The summed E-state index contributed by atoms with van der Waals surface area (Å²) in [5.41, 5.74) is 4.18. The van der Waals surface area contributed by atoms with E-state index in [0.29, 0.717) is 23.1 Å². The quantitative estimate of drug-likeness (QED) is 0.491. The number of hydrogen-bond acceptors (Lipinski definition) is 6. The molecule has 0 saturated heterocycles. The summed E-state index contributed by atoms with van der Waals surface area (Å²) < 4.78 is 7.06. The molecule has 3 heterocycles. The molecule has 2 aliphatic heterocycles. The molecule has 1 aromatic heterocycles. The monoisotopic (exact) mass is 473 g/mol. The molecule has 3 aromatic rings. The van der Waals surface area contributed by atoms with Gasteiger partial charge in [-0.2, -0.15) is 14.4 Å². The van der Waals surface area contributed by atoms with Gasteiger partial charge in [-0.3, -0.25) is 0 Å². The molecule has 0 radical (unpaired) electrons. The summed E-state index contributed by atoms with van der Waals surface area (Å²) in [4.78, 5) is 32.5. The number of anilines is 1. The second kappa shape index (κ2) is 8.36. The number of carbonyl (C=O) groups excluding carboxylic acids is 2. The van der Waals surface area contributed by atoms with Crippen LogP contribution in [0.3, 0.4) is 0 Å². The Kier molecular flexibility index (Phi) is 5.48. The number of fused-ring (bicyclic) bond motifs is 1. The predicted octanol–water partition coefficient (Wildman–Crippen LogP) is 5.09. The van der Waals surface area contributed by atoms with Crippen LogP contribution in [0.25, 0.3) is 11.4 Å². The molecule has 5 rings (SSSR count). The summed E-state index contributed by atoms with van der Waals surface area (Å²) in [7, 11) is 0. The molecule has 1 unspecified atom stereocenters. The van der Waals surface area contributed by atoms with Crippen LogP contribution >= 0.6 is 11.8 Å². The normalized spacial score (nSPS) is 18.1. The summed E-state index contributed by atoms with van der Waals surface area (Å²) in [5.74, 6) is 0.522. The van der Waals surface area contributed by atoms with Gasteiger partial charge in [0.25, 0.3) is 5.89 Å². The number of benzene rings is 2. The van der Waals surface area contributed by atoms with Gasteiger partial charge in [0.15, 0.2) is 11.8 Å². The highest BCUT2D eigenvalue weighted by Gasteiger charge is 2.50. The lowest BCUT2D eigenvalue weighted by atomic mass is 9.87. The molecule has 0 N–H and O–H groups in total. The summed E-state index contributed by atoms with van der Waals surface area (Å²) in [6.45, 7) is 8.45. The molecule has 34 heavy (non-hydrogen) atoms. The minimum Gasteiger partial charge on any atom is -0.335 e. The fourth-order valence-electron chi connectivity index (χ4n) is 4.09. The van der Waals surface area contributed by atoms with Crippen LogP contribution in [-0.4, -0.2) is 37.6 Å².